The second kappa shape index (κ2) is 13.7. The van der Waals surface area contributed by atoms with Crippen molar-refractivity contribution < 1.29 is 28.1 Å². The van der Waals surface area contributed by atoms with Crippen LogP contribution < -0.4 is 9.64 Å². The third-order valence-electron chi connectivity index (χ3n) is 9.07. The minimum absolute atomic E-state index is 0.194. The number of carbonyl (C=O) groups excluding carboxylic acids is 1. The normalized spacial score (nSPS) is 20.6. The number of hydrogen-bond donors (Lipinski definition) is 0. The number of fused-ring (bicyclic) bond motifs is 7. The van der Waals surface area contributed by atoms with Crippen LogP contribution in [-0.2, 0) is 19.0 Å². The van der Waals surface area contributed by atoms with E-state index in [1.165, 1.54) is 13.2 Å². The molecule has 9 nitrogen and oxygen atoms in total. The Kier molecular flexibility index (Phi) is 9.77. The maximum Gasteiger partial charge on any atom is 0.339 e. The van der Waals surface area contributed by atoms with Gasteiger partial charge in [0, 0.05) is 48.0 Å². The monoisotopic (exact) mass is 690 g/mol. The molecule has 0 saturated carbocycles. The molecule has 0 radical (unpaired) electrons. The van der Waals surface area contributed by atoms with Gasteiger partial charge in [-0.3, -0.25) is 0 Å². The highest BCUT2D eigenvalue weighted by Gasteiger charge is 2.38. The molecule has 3 aliphatic rings. The SMILES string of the molecule is COC(=O)[C@@H](OC(C)(C)C)c1c(C)nc2cc3nn2c1N1CCC(C)(CC1)OCC=CC[C@H](C)Oc1cccc(Cl)c1-c1cc-3ccc1F. The highest BCUT2D eigenvalue weighted by atomic mass is 35.5. The Labute approximate surface area is 292 Å². The molecule has 5 heterocycles. The standard InChI is InChI=1S/C38H44ClFN4O5/c1-23-11-8-9-20-47-38(6)16-18-43(19-17-38)35-32(34(36(45)46-7)49-37(3,4)5)24(2)41-31-22-29(42-44(31)35)25-14-15-28(40)26(21-25)33-27(39)12-10-13-30(33)48-23/h8-10,12-15,21-23,34H,11,16-20H2,1-7H3/t23-,34-/m0/s1. The van der Waals surface area contributed by atoms with Crippen molar-refractivity contribution in [3.63, 3.8) is 0 Å². The van der Waals surface area contributed by atoms with E-state index in [0.29, 0.717) is 82.0 Å². The number of hydrogen-bond acceptors (Lipinski definition) is 8. The van der Waals surface area contributed by atoms with E-state index >= 15 is 4.39 Å². The Hall–Kier alpha value is -3.99. The van der Waals surface area contributed by atoms with Crippen molar-refractivity contribution in [3.8, 4) is 28.1 Å². The molecule has 0 spiro atoms. The smallest absolute Gasteiger partial charge is 0.339 e. The minimum Gasteiger partial charge on any atom is -0.490 e. The zero-order valence-electron chi connectivity index (χ0n) is 29.2. The van der Waals surface area contributed by atoms with Crippen LogP contribution in [0.5, 0.6) is 5.75 Å². The maximum atomic E-state index is 15.7. The number of benzene rings is 2. The molecular weight excluding hydrogens is 647 g/mol. The van der Waals surface area contributed by atoms with E-state index in [9.17, 15) is 4.79 Å². The van der Waals surface area contributed by atoms with Crippen LogP contribution in [-0.4, -0.2) is 64.7 Å². The van der Waals surface area contributed by atoms with Gasteiger partial charge in [-0.05, 0) is 84.7 Å². The van der Waals surface area contributed by atoms with E-state index in [1.54, 1.807) is 34.8 Å². The third kappa shape index (κ3) is 7.32. The van der Waals surface area contributed by atoms with Crippen molar-refractivity contribution in [3.05, 3.63) is 76.7 Å². The number of nitrogens with zero attached hydrogens (tertiary/aromatic N) is 4. The van der Waals surface area contributed by atoms with Gasteiger partial charge in [0.05, 0.1) is 47.3 Å². The largest absolute Gasteiger partial charge is 0.490 e. The van der Waals surface area contributed by atoms with Gasteiger partial charge in [0.1, 0.15) is 17.4 Å². The predicted octanol–water partition coefficient (Wildman–Crippen LogP) is 8.30. The van der Waals surface area contributed by atoms with Gasteiger partial charge in [0.15, 0.2) is 11.8 Å². The lowest BCUT2D eigenvalue weighted by atomic mass is 9.92. The van der Waals surface area contributed by atoms with Gasteiger partial charge in [-0.25, -0.2) is 14.2 Å². The molecule has 0 N–H and O–H groups in total. The highest BCUT2D eigenvalue weighted by Crippen LogP contribution is 2.42. The summed E-state index contributed by atoms with van der Waals surface area (Å²) < 4.78 is 41.8. The lowest BCUT2D eigenvalue weighted by Crippen LogP contribution is -2.45. The summed E-state index contributed by atoms with van der Waals surface area (Å²) in [5.41, 5.74) is 2.78. The highest BCUT2D eigenvalue weighted by molar-refractivity contribution is 6.33. The van der Waals surface area contributed by atoms with Gasteiger partial charge in [0.25, 0.3) is 0 Å². The minimum atomic E-state index is -1.05. The molecule has 49 heavy (non-hydrogen) atoms. The lowest BCUT2D eigenvalue weighted by molar-refractivity contribution is -0.164. The molecular formula is C38H44ClFN4O5. The van der Waals surface area contributed by atoms with Crippen LogP contribution in [0.2, 0.25) is 5.02 Å². The van der Waals surface area contributed by atoms with Crippen LogP contribution in [0.1, 0.15) is 71.2 Å². The average molecular weight is 691 g/mol. The van der Waals surface area contributed by atoms with Crippen LogP contribution in [0, 0.1) is 12.7 Å². The van der Waals surface area contributed by atoms with Crippen molar-refractivity contribution in [2.24, 2.45) is 0 Å². The summed E-state index contributed by atoms with van der Waals surface area (Å²) in [5, 5.41) is 5.43. The first kappa shape index (κ1) is 34.9. The molecule has 4 aromatic rings. The number of ether oxygens (including phenoxy) is 4. The molecule has 3 aliphatic heterocycles. The molecule has 11 heteroatoms. The van der Waals surface area contributed by atoms with E-state index in [-0.39, 0.29) is 11.7 Å². The molecule has 260 valence electrons. The molecule has 2 aromatic carbocycles. The van der Waals surface area contributed by atoms with E-state index in [0.717, 1.165) is 12.8 Å². The van der Waals surface area contributed by atoms with Crippen molar-refractivity contribution in [1.82, 2.24) is 14.6 Å². The Morgan fingerprint density at radius 2 is 1.90 bits per heavy atom. The van der Waals surface area contributed by atoms with Crippen LogP contribution >= 0.6 is 11.6 Å². The van der Waals surface area contributed by atoms with Gasteiger partial charge in [-0.15, -0.1) is 0 Å². The summed E-state index contributed by atoms with van der Waals surface area (Å²) in [6, 6.07) is 12.0. The molecule has 1 fully saturated rings. The van der Waals surface area contributed by atoms with E-state index < -0.39 is 23.5 Å². The molecule has 0 amide bonds. The average Bonchev–Trinajstić information content (AvgIpc) is 3.46. The quantitative estimate of drug-likeness (QED) is 0.157. The second-order valence-electron chi connectivity index (χ2n) is 14.1. The number of aryl methyl sites for hydroxylation is 1. The van der Waals surface area contributed by atoms with Gasteiger partial charge in [0.2, 0.25) is 0 Å². The number of carbonyl (C=O) groups is 1. The molecule has 0 aliphatic carbocycles. The summed E-state index contributed by atoms with van der Waals surface area (Å²) >= 11 is 6.72. The fraction of sp³-hybridized carbons (Fsp3) is 0.447. The second-order valence-corrected chi connectivity index (χ2v) is 14.5. The number of piperidine rings is 1. The molecule has 1 saturated heterocycles. The molecule has 7 rings (SSSR count). The predicted molar refractivity (Wildman–Crippen MR) is 189 cm³/mol. The zero-order chi connectivity index (χ0) is 35.1. The fourth-order valence-electron chi connectivity index (χ4n) is 6.50. The number of halogens is 2. The number of anilines is 1. The van der Waals surface area contributed by atoms with Gasteiger partial charge in [-0.2, -0.15) is 9.61 Å². The van der Waals surface area contributed by atoms with Crippen LogP contribution in [0.4, 0.5) is 10.2 Å². The Morgan fingerprint density at radius 1 is 1.14 bits per heavy atom. The van der Waals surface area contributed by atoms with E-state index in [2.05, 4.69) is 11.8 Å². The van der Waals surface area contributed by atoms with Crippen LogP contribution in [0.15, 0.2) is 54.6 Å². The van der Waals surface area contributed by atoms with E-state index in [4.69, 9.17) is 40.6 Å². The number of aromatic nitrogens is 3. The lowest BCUT2D eigenvalue weighted by Gasteiger charge is -2.41. The molecule has 2 aromatic heterocycles. The maximum absolute atomic E-state index is 15.7. The Bertz CT molecular complexity index is 1890. The van der Waals surface area contributed by atoms with Crippen LogP contribution in [0.3, 0.4) is 0 Å². The van der Waals surface area contributed by atoms with Crippen molar-refractivity contribution in [2.45, 2.75) is 84.2 Å². The van der Waals surface area contributed by atoms with Crippen molar-refractivity contribution in [1.29, 1.82) is 0 Å². The first-order valence-corrected chi connectivity index (χ1v) is 17.1. The summed E-state index contributed by atoms with van der Waals surface area (Å²) in [6.07, 6.45) is 4.95. The summed E-state index contributed by atoms with van der Waals surface area (Å²) in [6.45, 7) is 13.4. The number of rotatable bonds is 3. The van der Waals surface area contributed by atoms with Crippen LogP contribution in [0.25, 0.3) is 28.0 Å². The summed E-state index contributed by atoms with van der Waals surface area (Å²) in [7, 11) is 1.35. The third-order valence-corrected chi connectivity index (χ3v) is 9.39. The number of methoxy groups -OCH3 is 1. The first-order chi connectivity index (χ1) is 23.3. The van der Waals surface area contributed by atoms with Gasteiger partial charge >= 0.3 is 5.97 Å². The topological polar surface area (TPSA) is 87.4 Å². The van der Waals surface area contributed by atoms with Crippen molar-refractivity contribution in [2.75, 3.05) is 31.7 Å². The molecule has 6 bridgehead atoms. The van der Waals surface area contributed by atoms with Crippen molar-refractivity contribution >= 4 is 29.0 Å². The molecule has 0 unspecified atom stereocenters. The number of esters is 1. The first-order valence-electron chi connectivity index (χ1n) is 16.7. The Balaban J connectivity index is 1.58. The zero-order valence-corrected chi connectivity index (χ0v) is 29.9. The van der Waals surface area contributed by atoms with Gasteiger partial charge in [-0.1, -0.05) is 29.8 Å². The summed E-state index contributed by atoms with van der Waals surface area (Å²) in [5.74, 6) is 0.217. The Morgan fingerprint density at radius 3 is 2.61 bits per heavy atom. The fourth-order valence-corrected chi connectivity index (χ4v) is 6.77. The summed E-state index contributed by atoms with van der Waals surface area (Å²) in [4.78, 5) is 20.5. The molecule has 2 atom stereocenters. The van der Waals surface area contributed by atoms with E-state index in [1.807, 2.05) is 52.8 Å². The van der Waals surface area contributed by atoms with Gasteiger partial charge < -0.3 is 23.8 Å².